The topological polar surface area (TPSA) is 79.3 Å². The van der Waals surface area contributed by atoms with Crippen LogP contribution in [0, 0.1) is 0 Å². The Morgan fingerprint density at radius 2 is 2.00 bits per heavy atom. The maximum Gasteiger partial charge on any atom is 0.435 e. The molecule has 0 aliphatic rings. The van der Waals surface area contributed by atoms with E-state index in [-0.39, 0.29) is 0 Å². The van der Waals surface area contributed by atoms with E-state index in [0.717, 1.165) is 19.2 Å². The van der Waals surface area contributed by atoms with E-state index in [1.54, 1.807) is 0 Å². The maximum atomic E-state index is 12.5. The molecule has 8 heteroatoms. The molecule has 2 N–H and O–H groups in total. The molecular weight excluding hydrogens is 241 g/mol. The predicted molar refractivity (Wildman–Crippen MR) is 50.5 cm³/mol. The summed E-state index contributed by atoms with van der Waals surface area (Å²) in [5.74, 6) is -2.40. The Hall–Kier alpha value is -2.12. The average Bonchev–Trinajstić information content (AvgIpc) is 2.14. The summed E-state index contributed by atoms with van der Waals surface area (Å²) in [4.78, 5) is 24.5. The van der Waals surface area contributed by atoms with Gasteiger partial charge < -0.3 is 10.4 Å². The molecule has 0 saturated carbocycles. The molecule has 0 aromatic carbocycles. The van der Waals surface area contributed by atoms with Crippen LogP contribution in [-0.2, 0) is 11.0 Å². The first-order valence-electron chi connectivity index (χ1n) is 4.30. The number of pyridine rings is 1. The van der Waals surface area contributed by atoms with Crippen LogP contribution >= 0.6 is 0 Å². The first-order chi connectivity index (χ1) is 7.73. The van der Waals surface area contributed by atoms with E-state index < -0.39 is 35.0 Å². The van der Waals surface area contributed by atoms with Crippen molar-refractivity contribution in [2.45, 2.75) is 13.1 Å². The van der Waals surface area contributed by atoms with Crippen LogP contribution in [0.1, 0.15) is 23.0 Å². The predicted octanol–water partition coefficient (Wildman–Crippen LogP) is 1.76. The van der Waals surface area contributed by atoms with E-state index in [9.17, 15) is 22.8 Å². The summed E-state index contributed by atoms with van der Waals surface area (Å²) in [7, 11) is 0. The van der Waals surface area contributed by atoms with Gasteiger partial charge in [-0.2, -0.15) is 13.2 Å². The molecule has 1 rings (SSSR count). The SMILES string of the molecule is CC(=O)Nc1c(C(=O)O)ccnc1C(F)(F)F. The van der Waals surface area contributed by atoms with Crippen molar-refractivity contribution in [3.8, 4) is 0 Å². The van der Waals surface area contributed by atoms with Gasteiger partial charge in [0.1, 0.15) is 0 Å². The molecule has 0 unspecified atom stereocenters. The van der Waals surface area contributed by atoms with Crippen molar-refractivity contribution in [2.24, 2.45) is 0 Å². The van der Waals surface area contributed by atoms with Crippen LogP contribution in [0.5, 0.6) is 0 Å². The lowest BCUT2D eigenvalue weighted by molar-refractivity contribution is -0.140. The molecule has 1 amide bonds. The summed E-state index contributed by atoms with van der Waals surface area (Å²) in [5.41, 5.74) is -2.95. The first kappa shape index (κ1) is 12.9. The summed E-state index contributed by atoms with van der Waals surface area (Å²) >= 11 is 0. The second-order valence-corrected chi connectivity index (χ2v) is 3.07. The molecule has 1 aromatic heterocycles. The Morgan fingerprint density at radius 1 is 1.41 bits per heavy atom. The number of carboxylic acids is 1. The second-order valence-electron chi connectivity index (χ2n) is 3.07. The molecule has 1 aromatic rings. The minimum atomic E-state index is -4.84. The van der Waals surface area contributed by atoms with E-state index >= 15 is 0 Å². The average molecular weight is 248 g/mol. The van der Waals surface area contributed by atoms with Crippen LogP contribution in [0.4, 0.5) is 18.9 Å². The maximum absolute atomic E-state index is 12.5. The van der Waals surface area contributed by atoms with Crippen molar-refractivity contribution in [2.75, 3.05) is 5.32 Å². The fourth-order valence-corrected chi connectivity index (χ4v) is 1.16. The minimum Gasteiger partial charge on any atom is -0.478 e. The number of aromatic carboxylic acids is 1. The molecule has 1 heterocycles. The van der Waals surface area contributed by atoms with Crippen molar-refractivity contribution in [3.05, 3.63) is 23.5 Å². The molecule has 92 valence electrons. The van der Waals surface area contributed by atoms with Gasteiger partial charge >= 0.3 is 12.1 Å². The monoisotopic (exact) mass is 248 g/mol. The Kier molecular flexibility index (Phi) is 3.35. The third-order valence-corrected chi connectivity index (χ3v) is 1.75. The number of carboxylic acid groups (broad SMARTS) is 1. The number of carbonyl (C=O) groups is 2. The molecule has 0 radical (unpaired) electrons. The van der Waals surface area contributed by atoms with E-state index in [1.165, 1.54) is 0 Å². The van der Waals surface area contributed by atoms with Crippen LogP contribution in [0.3, 0.4) is 0 Å². The van der Waals surface area contributed by atoms with Crippen LogP contribution in [-0.4, -0.2) is 22.0 Å². The highest BCUT2D eigenvalue weighted by atomic mass is 19.4. The molecule has 17 heavy (non-hydrogen) atoms. The number of hydrogen-bond donors (Lipinski definition) is 2. The highest BCUT2D eigenvalue weighted by molar-refractivity contribution is 6.00. The number of hydrogen-bond acceptors (Lipinski definition) is 3. The van der Waals surface area contributed by atoms with Gasteiger partial charge in [0.2, 0.25) is 5.91 Å². The smallest absolute Gasteiger partial charge is 0.435 e. The number of alkyl halides is 3. The fraction of sp³-hybridized carbons (Fsp3) is 0.222. The molecule has 0 atom stereocenters. The van der Waals surface area contributed by atoms with Gasteiger partial charge in [-0.05, 0) is 6.07 Å². The highest BCUT2D eigenvalue weighted by Crippen LogP contribution is 2.34. The zero-order valence-electron chi connectivity index (χ0n) is 8.50. The molecular formula is C9H7F3N2O3. The third kappa shape index (κ3) is 2.92. The molecule has 0 spiro atoms. The Labute approximate surface area is 93.3 Å². The van der Waals surface area contributed by atoms with Crippen molar-refractivity contribution >= 4 is 17.6 Å². The lowest BCUT2D eigenvalue weighted by Gasteiger charge is -2.13. The normalized spacial score (nSPS) is 11.1. The zero-order chi connectivity index (χ0) is 13.2. The number of anilines is 1. The summed E-state index contributed by atoms with van der Waals surface area (Å²) < 4.78 is 37.6. The zero-order valence-corrected chi connectivity index (χ0v) is 8.50. The third-order valence-electron chi connectivity index (χ3n) is 1.75. The van der Waals surface area contributed by atoms with Gasteiger partial charge in [-0.1, -0.05) is 0 Å². The highest BCUT2D eigenvalue weighted by Gasteiger charge is 2.37. The quantitative estimate of drug-likeness (QED) is 0.835. The lowest BCUT2D eigenvalue weighted by Crippen LogP contribution is -2.19. The second kappa shape index (κ2) is 4.40. The number of nitrogens with zero attached hydrogens (tertiary/aromatic N) is 1. The number of carbonyl (C=O) groups excluding carboxylic acids is 1. The largest absolute Gasteiger partial charge is 0.478 e. The molecule has 5 nitrogen and oxygen atoms in total. The molecule has 0 saturated heterocycles. The molecule has 0 aliphatic heterocycles. The number of rotatable bonds is 2. The number of halogens is 3. The van der Waals surface area contributed by atoms with Gasteiger partial charge in [-0.25, -0.2) is 9.78 Å². The van der Waals surface area contributed by atoms with Gasteiger partial charge in [0.15, 0.2) is 5.69 Å². The van der Waals surface area contributed by atoms with Crippen LogP contribution < -0.4 is 5.32 Å². The van der Waals surface area contributed by atoms with E-state index in [2.05, 4.69) is 4.98 Å². The van der Waals surface area contributed by atoms with Gasteiger partial charge in [-0.15, -0.1) is 0 Å². The Balaban J connectivity index is 3.45. The van der Waals surface area contributed by atoms with Gasteiger partial charge in [-0.3, -0.25) is 4.79 Å². The van der Waals surface area contributed by atoms with Crippen LogP contribution in [0.25, 0.3) is 0 Å². The fourth-order valence-electron chi connectivity index (χ4n) is 1.16. The van der Waals surface area contributed by atoms with Gasteiger partial charge in [0, 0.05) is 13.1 Å². The number of nitrogens with one attached hydrogen (secondary N) is 1. The summed E-state index contributed by atoms with van der Waals surface area (Å²) in [6.45, 7) is 0.971. The van der Waals surface area contributed by atoms with Gasteiger partial charge in [0.05, 0.1) is 11.3 Å². The van der Waals surface area contributed by atoms with Crippen molar-refractivity contribution < 1.29 is 27.9 Å². The molecule has 0 bridgehead atoms. The van der Waals surface area contributed by atoms with E-state index in [1.807, 2.05) is 5.32 Å². The number of amides is 1. The standard InChI is InChI=1S/C9H7F3N2O3/c1-4(15)14-6-5(8(16)17)2-3-13-7(6)9(10,11)12/h2-3H,1H3,(H,14,15)(H,16,17). The van der Waals surface area contributed by atoms with E-state index in [4.69, 9.17) is 5.11 Å². The lowest BCUT2D eigenvalue weighted by atomic mass is 10.1. The van der Waals surface area contributed by atoms with Crippen molar-refractivity contribution in [3.63, 3.8) is 0 Å². The van der Waals surface area contributed by atoms with E-state index in [0.29, 0.717) is 0 Å². The van der Waals surface area contributed by atoms with Crippen molar-refractivity contribution in [1.29, 1.82) is 0 Å². The van der Waals surface area contributed by atoms with Gasteiger partial charge in [0.25, 0.3) is 0 Å². The van der Waals surface area contributed by atoms with Crippen molar-refractivity contribution in [1.82, 2.24) is 4.98 Å². The summed E-state index contributed by atoms with van der Waals surface area (Å²) in [5, 5.41) is 10.5. The molecule has 0 aliphatic carbocycles. The Bertz CT molecular complexity index is 471. The van der Waals surface area contributed by atoms with Crippen LogP contribution in [0.2, 0.25) is 0 Å². The molecule has 0 fully saturated rings. The Morgan fingerprint density at radius 3 is 2.41 bits per heavy atom. The summed E-state index contributed by atoms with van der Waals surface area (Å²) in [6.07, 6.45) is -4.12. The number of aromatic nitrogens is 1. The minimum absolute atomic E-state index is 0.664. The first-order valence-corrected chi connectivity index (χ1v) is 4.30. The summed E-state index contributed by atoms with van der Waals surface area (Å²) in [6, 6.07) is 0.878. The van der Waals surface area contributed by atoms with Crippen LogP contribution in [0.15, 0.2) is 12.3 Å².